The molecule has 2 aromatic heterocycles. The lowest BCUT2D eigenvalue weighted by Gasteiger charge is -2.06. The molecule has 0 aliphatic carbocycles. The minimum Gasteiger partial charge on any atom is -0.313 e. The molecule has 104 valence electrons. The van der Waals surface area contributed by atoms with E-state index in [-0.39, 0.29) is 6.42 Å². The molecule has 0 aromatic carbocycles. The highest BCUT2D eigenvalue weighted by Crippen LogP contribution is 2.21. The van der Waals surface area contributed by atoms with Gasteiger partial charge < -0.3 is 5.32 Å². The van der Waals surface area contributed by atoms with Crippen LogP contribution < -0.4 is 5.32 Å². The van der Waals surface area contributed by atoms with E-state index in [1.165, 1.54) is 0 Å². The summed E-state index contributed by atoms with van der Waals surface area (Å²) >= 11 is 0. The van der Waals surface area contributed by atoms with Crippen molar-refractivity contribution in [1.82, 2.24) is 14.9 Å². The third-order valence-electron chi connectivity index (χ3n) is 2.89. The van der Waals surface area contributed by atoms with Gasteiger partial charge in [0.1, 0.15) is 0 Å². The van der Waals surface area contributed by atoms with Crippen LogP contribution in [0.15, 0.2) is 30.6 Å². The Balaban J connectivity index is 1.71. The van der Waals surface area contributed by atoms with E-state index in [1.54, 1.807) is 10.7 Å². The van der Waals surface area contributed by atoms with Crippen LogP contribution in [-0.2, 0) is 6.54 Å². The Kier molecular flexibility index (Phi) is 4.42. The maximum absolute atomic E-state index is 11.9. The Bertz CT molecular complexity index is 519. The van der Waals surface area contributed by atoms with Crippen molar-refractivity contribution in [3.8, 4) is 0 Å². The fourth-order valence-electron chi connectivity index (χ4n) is 1.92. The minimum absolute atomic E-state index is 0.172. The lowest BCUT2D eigenvalue weighted by atomic mass is 10.2. The molecule has 2 rings (SSSR count). The highest BCUT2D eigenvalue weighted by Gasteiger charge is 2.25. The normalized spacial score (nSPS) is 12.2. The number of aromatic nitrogens is 2. The molecule has 2 aromatic rings. The summed E-state index contributed by atoms with van der Waals surface area (Å²) < 4.78 is 37.6. The van der Waals surface area contributed by atoms with E-state index in [4.69, 9.17) is 0 Å². The van der Waals surface area contributed by atoms with Crippen LogP contribution in [0.3, 0.4) is 0 Å². The van der Waals surface area contributed by atoms with Gasteiger partial charge in [-0.15, -0.1) is 0 Å². The van der Waals surface area contributed by atoms with Crippen molar-refractivity contribution in [2.24, 2.45) is 0 Å². The van der Waals surface area contributed by atoms with Gasteiger partial charge in [0, 0.05) is 24.7 Å². The molecule has 6 heteroatoms. The van der Waals surface area contributed by atoms with Gasteiger partial charge >= 0.3 is 6.18 Å². The van der Waals surface area contributed by atoms with Gasteiger partial charge in [-0.25, -0.2) is 4.52 Å². The van der Waals surface area contributed by atoms with Crippen LogP contribution >= 0.6 is 0 Å². The minimum atomic E-state index is -4.04. The van der Waals surface area contributed by atoms with Crippen LogP contribution in [0.4, 0.5) is 13.2 Å². The van der Waals surface area contributed by atoms with Crippen molar-refractivity contribution in [2.75, 3.05) is 6.54 Å². The fraction of sp³-hybridized carbons (Fsp3) is 0.462. The molecule has 19 heavy (non-hydrogen) atoms. The molecule has 0 aliphatic rings. The zero-order chi connectivity index (χ0) is 13.7. The SMILES string of the molecule is FC(F)(F)CCCCNCc1cnn2ccccc12. The van der Waals surface area contributed by atoms with Crippen LogP contribution in [0, 0.1) is 0 Å². The van der Waals surface area contributed by atoms with Crippen molar-refractivity contribution in [2.45, 2.75) is 32.0 Å². The van der Waals surface area contributed by atoms with E-state index in [0.717, 1.165) is 11.1 Å². The standard InChI is InChI=1S/C13H16F3N3/c14-13(15,16)6-2-3-7-17-9-11-10-18-19-8-4-1-5-12(11)19/h1,4-5,8,10,17H,2-3,6-7,9H2. The second-order valence-electron chi connectivity index (χ2n) is 4.45. The van der Waals surface area contributed by atoms with Gasteiger partial charge in [-0.2, -0.15) is 18.3 Å². The quantitative estimate of drug-likeness (QED) is 0.818. The van der Waals surface area contributed by atoms with E-state index in [2.05, 4.69) is 10.4 Å². The fourth-order valence-corrected chi connectivity index (χ4v) is 1.92. The van der Waals surface area contributed by atoms with Crippen molar-refractivity contribution < 1.29 is 13.2 Å². The Morgan fingerprint density at radius 3 is 2.84 bits per heavy atom. The monoisotopic (exact) mass is 271 g/mol. The summed E-state index contributed by atoms with van der Waals surface area (Å²) in [5.74, 6) is 0. The van der Waals surface area contributed by atoms with Crippen LogP contribution in [0.2, 0.25) is 0 Å². The Hall–Kier alpha value is -1.56. The number of nitrogens with zero attached hydrogens (tertiary/aromatic N) is 2. The molecule has 1 N–H and O–H groups in total. The number of pyridine rings is 1. The second-order valence-corrected chi connectivity index (χ2v) is 4.45. The van der Waals surface area contributed by atoms with Crippen LogP contribution in [0.25, 0.3) is 5.52 Å². The summed E-state index contributed by atoms with van der Waals surface area (Å²) in [5.41, 5.74) is 2.07. The van der Waals surface area contributed by atoms with Gasteiger partial charge in [0.2, 0.25) is 0 Å². The number of fused-ring (bicyclic) bond motifs is 1. The molecule has 0 saturated carbocycles. The van der Waals surface area contributed by atoms with Gasteiger partial charge in [0.25, 0.3) is 0 Å². The molecule has 0 spiro atoms. The largest absolute Gasteiger partial charge is 0.389 e. The van der Waals surface area contributed by atoms with Crippen molar-refractivity contribution in [3.63, 3.8) is 0 Å². The first kappa shape index (κ1) is 13.9. The smallest absolute Gasteiger partial charge is 0.313 e. The summed E-state index contributed by atoms with van der Waals surface area (Å²) in [7, 11) is 0. The second kappa shape index (κ2) is 6.06. The number of hydrogen-bond acceptors (Lipinski definition) is 2. The molecule has 0 unspecified atom stereocenters. The maximum Gasteiger partial charge on any atom is 0.389 e. The lowest BCUT2D eigenvalue weighted by molar-refractivity contribution is -0.135. The zero-order valence-electron chi connectivity index (χ0n) is 10.5. The van der Waals surface area contributed by atoms with Gasteiger partial charge in [0.05, 0.1) is 11.7 Å². The van der Waals surface area contributed by atoms with Crippen LogP contribution in [-0.4, -0.2) is 22.3 Å². The number of unbranched alkanes of at least 4 members (excludes halogenated alkanes) is 1. The molecule has 0 radical (unpaired) electrons. The number of alkyl halides is 3. The summed E-state index contributed by atoms with van der Waals surface area (Å²) in [5, 5.41) is 7.34. The van der Waals surface area contributed by atoms with Gasteiger partial charge in [-0.05, 0) is 31.5 Å². The molecule has 3 nitrogen and oxygen atoms in total. The molecule has 0 bridgehead atoms. The van der Waals surface area contributed by atoms with Crippen molar-refractivity contribution in [3.05, 3.63) is 36.2 Å². The van der Waals surface area contributed by atoms with E-state index in [1.807, 2.05) is 24.4 Å². The number of rotatable bonds is 6. The Morgan fingerprint density at radius 1 is 1.21 bits per heavy atom. The highest BCUT2D eigenvalue weighted by atomic mass is 19.4. The predicted molar refractivity (Wildman–Crippen MR) is 66.8 cm³/mol. The molecule has 2 heterocycles. The summed E-state index contributed by atoms with van der Waals surface area (Å²) in [6.45, 7) is 1.21. The zero-order valence-corrected chi connectivity index (χ0v) is 10.5. The van der Waals surface area contributed by atoms with Crippen molar-refractivity contribution >= 4 is 5.52 Å². The van der Waals surface area contributed by atoms with E-state index in [9.17, 15) is 13.2 Å². The summed E-state index contributed by atoms with van der Waals surface area (Å²) in [4.78, 5) is 0. The average Bonchev–Trinajstić information content (AvgIpc) is 2.76. The molecule has 0 aliphatic heterocycles. The lowest BCUT2D eigenvalue weighted by Crippen LogP contribution is -2.15. The molecular formula is C13H16F3N3. The summed E-state index contributed by atoms with van der Waals surface area (Å²) in [6, 6.07) is 5.80. The molecule has 0 fully saturated rings. The van der Waals surface area contributed by atoms with Crippen LogP contribution in [0.1, 0.15) is 24.8 Å². The van der Waals surface area contributed by atoms with Gasteiger partial charge in [-0.1, -0.05) is 6.07 Å². The first-order chi connectivity index (χ1) is 9.06. The first-order valence-corrected chi connectivity index (χ1v) is 6.25. The van der Waals surface area contributed by atoms with Crippen LogP contribution in [0.5, 0.6) is 0 Å². The van der Waals surface area contributed by atoms with E-state index >= 15 is 0 Å². The van der Waals surface area contributed by atoms with Crippen molar-refractivity contribution in [1.29, 1.82) is 0 Å². The third kappa shape index (κ3) is 4.24. The Labute approximate surface area is 109 Å². The molecular weight excluding hydrogens is 255 g/mol. The molecule has 0 atom stereocenters. The van der Waals surface area contributed by atoms with E-state index in [0.29, 0.717) is 19.5 Å². The highest BCUT2D eigenvalue weighted by molar-refractivity contribution is 5.53. The molecule has 0 saturated heterocycles. The van der Waals surface area contributed by atoms with E-state index < -0.39 is 12.6 Å². The van der Waals surface area contributed by atoms with Gasteiger partial charge in [-0.3, -0.25) is 0 Å². The topological polar surface area (TPSA) is 29.3 Å². The van der Waals surface area contributed by atoms with Gasteiger partial charge in [0.15, 0.2) is 0 Å². The first-order valence-electron chi connectivity index (χ1n) is 6.25. The Morgan fingerprint density at radius 2 is 2.05 bits per heavy atom. The number of hydrogen-bond donors (Lipinski definition) is 1. The predicted octanol–water partition coefficient (Wildman–Crippen LogP) is 3.16. The average molecular weight is 271 g/mol. The molecule has 0 amide bonds. The maximum atomic E-state index is 11.9. The number of nitrogens with one attached hydrogen (secondary N) is 1. The third-order valence-corrected chi connectivity index (χ3v) is 2.89. The number of halogens is 3. The summed E-state index contributed by atoms with van der Waals surface area (Å²) in [6.07, 6.45) is -0.405.